The van der Waals surface area contributed by atoms with E-state index in [0.29, 0.717) is 0 Å². The Balaban J connectivity index is 2.10. The van der Waals surface area contributed by atoms with Crippen molar-refractivity contribution in [1.82, 2.24) is 4.57 Å². The summed E-state index contributed by atoms with van der Waals surface area (Å²) in [6.45, 7) is 1.83. The van der Waals surface area contributed by atoms with Gasteiger partial charge in [0, 0.05) is 18.2 Å². The van der Waals surface area contributed by atoms with Crippen molar-refractivity contribution in [2.75, 3.05) is 0 Å². The van der Waals surface area contributed by atoms with E-state index in [4.69, 9.17) is 0 Å². The summed E-state index contributed by atoms with van der Waals surface area (Å²) in [5, 5.41) is 0. The monoisotopic (exact) mass is 259 g/mol. The SMILES string of the molecule is Cc1cccc(=O)n1CC(=O)Cc1ccc(F)cc1. The molecule has 19 heavy (non-hydrogen) atoms. The fourth-order valence-electron chi connectivity index (χ4n) is 1.89. The Morgan fingerprint density at radius 1 is 1.16 bits per heavy atom. The Kier molecular flexibility index (Phi) is 3.90. The minimum absolute atomic E-state index is 0.0445. The number of benzene rings is 1. The maximum absolute atomic E-state index is 12.7. The lowest BCUT2D eigenvalue weighted by atomic mass is 10.1. The number of hydrogen-bond acceptors (Lipinski definition) is 2. The maximum atomic E-state index is 12.7. The number of carbonyl (C=O) groups excluding carboxylic acids is 1. The van der Waals surface area contributed by atoms with Crippen molar-refractivity contribution in [2.24, 2.45) is 0 Å². The van der Waals surface area contributed by atoms with Crippen molar-refractivity contribution in [3.05, 3.63) is 69.9 Å². The Hall–Kier alpha value is -2.23. The fraction of sp³-hybridized carbons (Fsp3) is 0.200. The molecule has 0 aliphatic heterocycles. The summed E-state index contributed by atoms with van der Waals surface area (Å²) in [5.41, 5.74) is 1.31. The molecule has 98 valence electrons. The first-order valence-electron chi connectivity index (χ1n) is 5.99. The zero-order chi connectivity index (χ0) is 13.8. The van der Waals surface area contributed by atoms with E-state index in [-0.39, 0.29) is 30.1 Å². The molecule has 0 unspecified atom stereocenters. The first-order chi connectivity index (χ1) is 9.06. The van der Waals surface area contributed by atoms with Crippen LogP contribution < -0.4 is 5.56 Å². The van der Waals surface area contributed by atoms with Gasteiger partial charge in [-0.1, -0.05) is 18.2 Å². The number of ketones is 1. The summed E-state index contributed by atoms with van der Waals surface area (Å²) in [6.07, 6.45) is 0.195. The van der Waals surface area contributed by atoms with Crippen LogP contribution in [0.1, 0.15) is 11.3 Å². The van der Waals surface area contributed by atoms with Gasteiger partial charge in [-0.3, -0.25) is 9.59 Å². The standard InChI is InChI=1S/C15H14FNO2/c1-11-3-2-4-15(19)17(11)10-14(18)9-12-5-7-13(16)8-6-12/h2-8H,9-10H2,1H3. The molecule has 0 aliphatic rings. The van der Waals surface area contributed by atoms with Gasteiger partial charge in [0.05, 0.1) is 6.54 Å². The van der Waals surface area contributed by atoms with Crippen molar-refractivity contribution in [3.63, 3.8) is 0 Å². The highest BCUT2D eigenvalue weighted by Crippen LogP contribution is 2.05. The average molecular weight is 259 g/mol. The van der Waals surface area contributed by atoms with Gasteiger partial charge in [-0.25, -0.2) is 4.39 Å². The normalized spacial score (nSPS) is 10.4. The highest BCUT2D eigenvalue weighted by molar-refractivity contribution is 5.80. The van der Waals surface area contributed by atoms with Gasteiger partial charge in [0.2, 0.25) is 0 Å². The summed E-state index contributed by atoms with van der Waals surface area (Å²) >= 11 is 0. The third-order valence-corrected chi connectivity index (χ3v) is 2.92. The fourth-order valence-corrected chi connectivity index (χ4v) is 1.89. The number of hydrogen-bond donors (Lipinski definition) is 0. The second-order valence-corrected chi connectivity index (χ2v) is 4.43. The van der Waals surface area contributed by atoms with E-state index in [1.165, 1.54) is 22.8 Å². The number of halogens is 1. The Labute approximate surface area is 110 Å². The van der Waals surface area contributed by atoms with Gasteiger partial charge in [0.15, 0.2) is 5.78 Å². The lowest BCUT2D eigenvalue weighted by molar-refractivity contribution is -0.119. The molecule has 4 heteroatoms. The third-order valence-electron chi connectivity index (χ3n) is 2.92. The number of aromatic nitrogens is 1. The zero-order valence-corrected chi connectivity index (χ0v) is 10.6. The van der Waals surface area contributed by atoms with Crippen molar-refractivity contribution in [3.8, 4) is 0 Å². The van der Waals surface area contributed by atoms with E-state index in [9.17, 15) is 14.0 Å². The zero-order valence-electron chi connectivity index (χ0n) is 10.6. The molecular weight excluding hydrogens is 245 g/mol. The largest absolute Gasteiger partial charge is 0.306 e. The lowest BCUT2D eigenvalue weighted by Crippen LogP contribution is -2.25. The molecule has 0 spiro atoms. The van der Waals surface area contributed by atoms with Crippen LogP contribution in [0, 0.1) is 12.7 Å². The van der Waals surface area contributed by atoms with Crippen LogP contribution in [0.4, 0.5) is 4.39 Å². The molecule has 1 aromatic heterocycles. The summed E-state index contributed by atoms with van der Waals surface area (Å²) in [4.78, 5) is 23.6. The minimum Gasteiger partial charge on any atom is -0.306 e. The Bertz CT molecular complexity index is 644. The molecule has 0 saturated heterocycles. The second kappa shape index (κ2) is 5.61. The molecule has 2 aromatic rings. The highest BCUT2D eigenvalue weighted by atomic mass is 19.1. The van der Waals surface area contributed by atoms with E-state index in [2.05, 4.69) is 0 Å². The number of nitrogens with zero attached hydrogens (tertiary/aromatic N) is 1. The van der Waals surface area contributed by atoms with Crippen LogP contribution in [0.5, 0.6) is 0 Å². The summed E-state index contributed by atoms with van der Waals surface area (Å²) in [6, 6.07) is 10.7. The molecule has 0 radical (unpaired) electrons. The van der Waals surface area contributed by atoms with Crippen molar-refractivity contribution < 1.29 is 9.18 Å². The van der Waals surface area contributed by atoms with Gasteiger partial charge in [-0.15, -0.1) is 0 Å². The van der Waals surface area contributed by atoms with Crippen LogP contribution in [-0.4, -0.2) is 10.4 Å². The molecule has 2 rings (SSSR count). The van der Waals surface area contributed by atoms with E-state index < -0.39 is 0 Å². The van der Waals surface area contributed by atoms with Crippen molar-refractivity contribution >= 4 is 5.78 Å². The van der Waals surface area contributed by atoms with Crippen LogP contribution in [0.25, 0.3) is 0 Å². The van der Waals surface area contributed by atoms with Crippen molar-refractivity contribution in [2.45, 2.75) is 19.9 Å². The van der Waals surface area contributed by atoms with Gasteiger partial charge in [0.1, 0.15) is 5.82 Å². The minimum atomic E-state index is -0.327. The number of Topliss-reactive ketones (excluding diaryl/α,β-unsaturated/α-hetero) is 1. The molecule has 0 fully saturated rings. The quantitative estimate of drug-likeness (QED) is 0.843. The second-order valence-electron chi connectivity index (χ2n) is 4.43. The van der Waals surface area contributed by atoms with Crippen LogP contribution in [0.3, 0.4) is 0 Å². The van der Waals surface area contributed by atoms with Gasteiger partial charge in [-0.2, -0.15) is 0 Å². The molecule has 1 aromatic carbocycles. The molecule has 0 bridgehead atoms. The number of carbonyl (C=O) groups is 1. The van der Waals surface area contributed by atoms with E-state index >= 15 is 0 Å². The molecule has 0 amide bonds. The third kappa shape index (κ3) is 3.37. The molecule has 0 saturated carbocycles. The highest BCUT2D eigenvalue weighted by Gasteiger charge is 2.07. The smallest absolute Gasteiger partial charge is 0.251 e. The lowest BCUT2D eigenvalue weighted by Gasteiger charge is -2.08. The van der Waals surface area contributed by atoms with Crippen LogP contribution in [0.15, 0.2) is 47.3 Å². The molecule has 0 aliphatic carbocycles. The predicted molar refractivity (Wildman–Crippen MR) is 70.6 cm³/mol. The molecule has 0 N–H and O–H groups in total. The molecule has 1 heterocycles. The van der Waals surface area contributed by atoms with E-state index in [1.807, 2.05) is 0 Å². The summed E-state index contributed by atoms with van der Waals surface area (Å²) in [5.74, 6) is -0.408. The summed E-state index contributed by atoms with van der Waals surface area (Å²) < 4.78 is 14.2. The van der Waals surface area contributed by atoms with Gasteiger partial charge in [0.25, 0.3) is 5.56 Å². The van der Waals surface area contributed by atoms with Crippen LogP contribution in [0.2, 0.25) is 0 Å². The van der Waals surface area contributed by atoms with Gasteiger partial charge < -0.3 is 4.57 Å². The van der Waals surface area contributed by atoms with Crippen molar-refractivity contribution in [1.29, 1.82) is 0 Å². The van der Waals surface area contributed by atoms with Gasteiger partial charge >= 0.3 is 0 Å². The number of aryl methyl sites for hydroxylation is 1. The van der Waals surface area contributed by atoms with Gasteiger partial charge in [-0.05, 0) is 30.7 Å². The van der Waals surface area contributed by atoms with E-state index in [1.54, 1.807) is 31.2 Å². The van der Waals surface area contributed by atoms with E-state index in [0.717, 1.165) is 11.3 Å². The number of pyridine rings is 1. The van der Waals surface area contributed by atoms with Crippen LogP contribution >= 0.6 is 0 Å². The topological polar surface area (TPSA) is 39.1 Å². The van der Waals surface area contributed by atoms with Crippen LogP contribution in [-0.2, 0) is 17.8 Å². The Morgan fingerprint density at radius 2 is 1.84 bits per heavy atom. The molecule has 3 nitrogen and oxygen atoms in total. The predicted octanol–water partition coefficient (Wildman–Crippen LogP) is 2.11. The molecular formula is C15H14FNO2. The maximum Gasteiger partial charge on any atom is 0.251 e. The molecule has 0 atom stereocenters. The summed E-state index contributed by atoms with van der Waals surface area (Å²) in [7, 11) is 0. The number of rotatable bonds is 4. The first-order valence-corrected chi connectivity index (χ1v) is 5.99. The Morgan fingerprint density at radius 3 is 2.47 bits per heavy atom. The average Bonchev–Trinajstić information content (AvgIpc) is 2.37. The first kappa shape index (κ1) is 13.2.